The van der Waals surface area contributed by atoms with E-state index in [1.54, 1.807) is 10.9 Å². The summed E-state index contributed by atoms with van der Waals surface area (Å²) < 4.78 is 1.68. The first-order valence-electron chi connectivity index (χ1n) is 9.44. The molecule has 0 aromatic carbocycles. The van der Waals surface area contributed by atoms with Crippen LogP contribution in [0.3, 0.4) is 0 Å². The molecule has 0 unspecified atom stereocenters. The summed E-state index contributed by atoms with van der Waals surface area (Å²) in [5.74, 6) is -0.200. The van der Waals surface area contributed by atoms with Gasteiger partial charge in [-0.25, -0.2) is 0 Å². The minimum Gasteiger partial charge on any atom is -0.480 e. The third kappa shape index (κ3) is 4.44. The maximum atomic E-state index is 12.7. The van der Waals surface area contributed by atoms with Crippen LogP contribution in [0.25, 0.3) is 0 Å². The Balaban J connectivity index is 1.56. The van der Waals surface area contributed by atoms with Crippen molar-refractivity contribution < 1.29 is 14.7 Å². The Kier molecular flexibility index (Phi) is 5.10. The summed E-state index contributed by atoms with van der Waals surface area (Å²) in [4.78, 5) is 25.9. The van der Waals surface area contributed by atoms with Gasteiger partial charge in [-0.3, -0.25) is 19.2 Å². The lowest BCUT2D eigenvalue weighted by Crippen LogP contribution is -2.55. The molecule has 2 aliphatic rings. The van der Waals surface area contributed by atoms with Gasteiger partial charge in [0.15, 0.2) is 0 Å². The molecule has 0 spiro atoms. The lowest BCUT2D eigenvalue weighted by molar-refractivity contribution is -0.139. The number of rotatable bonds is 7. The molecule has 2 saturated carbocycles. The van der Waals surface area contributed by atoms with Crippen molar-refractivity contribution in [3.8, 4) is 0 Å². The molecule has 0 atom stereocenters. The van der Waals surface area contributed by atoms with E-state index >= 15 is 0 Å². The predicted octanol–water partition coefficient (Wildman–Crippen LogP) is 1.77. The van der Waals surface area contributed by atoms with Gasteiger partial charge in [-0.2, -0.15) is 5.10 Å². The Morgan fingerprint density at radius 2 is 2.00 bits per heavy atom. The summed E-state index contributed by atoms with van der Waals surface area (Å²) in [5, 5.41) is 16.7. The van der Waals surface area contributed by atoms with Crippen molar-refractivity contribution in [1.29, 1.82) is 0 Å². The molecular formula is C19H30N4O3. The maximum absolute atomic E-state index is 12.7. The highest BCUT2D eigenvalue weighted by Crippen LogP contribution is 2.34. The van der Waals surface area contributed by atoms with Crippen LogP contribution in [0.5, 0.6) is 0 Å². The summed E-state index contributed by atoms with van der Waals surface area (Å²) in [7, 11) is 1.83. The lowest BCUT2D eigenvalue weighted by atomic mass is 9.84. The van der Waals surface area contributed by atoms with Crippen molar-refractivity contribution >= 4 is 11.9 Å². The Hall–Kier alpha value is -1.89. The molecule has 0 radical (unpaired) electrons. The lowest BCUT2D eigenvalue weighted by Gasteiger charge is -2.42. The van der Waals surface area contributed by atoms with Gasteiger partial charge in [-0.05, 0) is 31.6 Å². The number of carbonyl (C=O) groups excluding carboxylic acids is 1. The number of carboxylic acid groups (broad SMARTS) is 1. The zero-order valence-corrected chi connectivity index (χ0v) is 16.2. The number of carbonyl (C=O) groups is 2. The second kappa shape index (κ2) is 7.02. The van der Waals surface area contributed by atoms with Crippen LogP contribution in [-0.4, -0.2) is 56.8 Å². The topological polar surface area (TPSA) is 87.5 Å². The second-order valence-electron chi connectivity index (χ2n) is 8.88. The van der Waals surface area contributed by atoms with Gasteiger partial charge in [0.05, 0.1) is 17.8 Å². The number of nitrogens with zero attached hydrogens (tertiary/aromatic N) is 3. The van der Waals surface area contributed by atoms with Crippen LogP contribution in [0.1, 0.15) is 62.5 Å². The van der Waals surface area contributed by atoms with Gasteiger partial charge in [-0.15, -0.1) is 0 Å². The normalized spacial score (nSPS) is 23.0. The predicted molar refractivity (Wildman–Crippen MR) is 98.1 cm³/mol. The number of hydrogen-bond acceptors (Lipinski definition) is 4. The summed E-state index contributed by atoms with van der Waals surface area (Å²) in [6.45, 7) is 7.11. The third-order valence-electron chi connectivity index (χ3n) is 5.28. The van der Waals surface area contributed by atoms with Gasteiger partial charge >= 0.3 is 5.97 Å². The van der Waals surface area contributed by atoms with E-state index < -0.39 is 5.97 Å². The molecule has 0 bridgehead atoms. The van der Waals surface area contributed by atoms with Crippen molar-refractivity contribution in [3.05, 3.63) is 17.5 Å². The Morgan fingerprint density at radius 1 is 1.35 bits per heavy atom. The molecule has 7 heteroatoms. The molecule has 2 fully saturated rings. The molecule has 1 aromatic rings. The van der Waals surface area contributed by atoms with Gasteiger partial charge in [0.2, 0.25) is 0 Å². The molecule has 2 aliphatic carbocycles. The van der Waals surface area contributed by atoms with Crippen molar-refractivity contribution in [2.45, 2.75) is 64.0 Å². The number of nitrogens with one attached hydrogen (secondary N) is 1. The average Bonchev–Trinajstić information content (AvgIpc) is 3.18. The van der Waals surface area contributed by atoms with Crippen LogP contribution in [0.2, 0.25) is 0 Å². The summed E-state index contributed by atoms with van der Waals surface area (Å²) >= 11 is 0. The van der Waals surface area contributed by atoms with Crippen LogP contribution in [0.4, 0.5) is 0 Å². The zero-order chi connectivity index (χ0) is 19.1. The van der Waals surface area contributed by atoms with Gasteiger partial charge in [-0.1, -0.05) is 20.8 Å². The first-order chi connectivity index (χ1) is 12.1. The van der Waals surface area contributed by atoms with E-state index in [0.717, 1.165) is 25.1 Å². The van der Waals surface area contributed by atoms with E-state index in [2.05, 4.69) is 15.3 Å². The Morgan fingerprint density at radius 3 is 2.54 bits per heavy atom. The first kappa shape index (κ1) is 18.9. The Bertz CT molecular complexity index is 681. The number of aliphatic carboxylic acids is 1. The van der Waals surface area contributed by atoms with Gasteiger partial charge < -0.3 is 10.4 Å². The number of aryl methyl sites for hydroxylation is 1. The SMILES string of the molecule is Cn1cc(C(=O)NC2CC(N(CC(=O)O)CC3CC3)C2)c(C(C)(C)C)n1. The van der Waals surface area contributed by atoms with Crippen molar-refractivity contribution in [3.63, 3.8) is 0 Å². The highest BCUT2D eigenvalue weighted by Gasteiger charge is 2.38. The monoisotopic (exact) mass is 362 g/mol. The molecule has 26 heavy (non-hydrogen) atoms. The minimum atomic E-state index is -0.775. The van der Waals surface area contributed by atoms with E-state index in [9.17, 15) is 9.59 Å². The molecule has 0 saturated heterocycles. The van der Waals surface area contributed by atoms with E-state index in [1.165, 1.54) is 12.8 Å². The minimum absolute atomic E-state index is 0.0848. The summed E-state index contributed by atoms with van der Waals surface area (Å²) in [6, 6.07) is 0.365. The number of carboxylic acids is 1. The average molecular weight is 362 g/mol. The van der Waals surface area contributed by atoms with E-state index in [1.807, 2.05) is 27.8 Å². The molecule has 1 heterocycles. The van der Waals surface area contributed by atoms with Crippen molar-refractivity contribution in [1.82, 2.24) is 20.0 Å². The van der Waals surface area contributed by atoms with Crippen molar-refractivity contribution in [2.24, 2.45) is 13.0 Å². The first-order valence-corrected chi connectivity index (χ1v) is 9.44. The van der Waals surface area contributed by atoms with Crippen LogP contribution >= 0.6 is 0 Å². The van der Waals surface area contributed by atoms with Crippen LogP contribution in [-0.2, 0) is 17.3 Å². The summed E-state index contributed by atoms with van der Waals surface area (Å²) in [6.07, 6.45) is 5.82. The fraction of sp³-hybridized carbons (Fsp3) is 0.737. The third-order valence-corrected chi connectivity index (χ3v) is 5.28. The van der Waals surface area contributed by atoms with Gasteiger partial charge in [0.25, 0.3) is 5.91 Å². The smallest absolute Gasteiger partial charge is 0.317 e. The highest BCUT2D eigenvalue weighted by atomic mass is 16.4. The van der Waals surface area contributed by atoms with Crippen molar-refractivity contribution in [2.75, 3.05) is 13.1 Å². The van der Waals surface area contributed by atoms with Crippen LogP contribution < -0.4 is 5.32 Å². The second-order valence-corrected chi connectivity index (χ2v) is 8.88. The van der Waals surface area contributed by atoms with E-state index in [0.29, 0.717) is 11.5 Å². The number of hydrogen-bond donors (Lipinski definition) is 2. The fourth-order valence-corrected chi connectivity index (χ4v) is 3.62. The fourth-order valence-electron chi connectivity index (χ4n) is 3.62. The number of aromatic nitrogens is 2. The quantitative estimate of drug-likeness (QED) is 0.772. The highest BCUT2D eigenvalue weighted by molar-refractivity contribution is 5.95. The zero-order valence-electron chi connectivity index (χ0n) is 16.2. The van der Waals surface area contributed by atoms with E-state index in [4.69, 9.17) is 5.11 Å². The molecule has 1 amide bonds. The molecule has 144 valence electrons. The molecule has 1 aromatic heterocycles. The van der Waals surface area contributed by atoms with Gasteiger partial charge in [0, 0.05) is 37.3 Å². The standard InChI is InChI=1S/C19H30N4O3/c1-19(2,3)17-15(10-22(4)21-17)18(26)20-13-7-14(8-13)23(11-16(24)25)9-12-5-6-12/h10,12-14H,5-9,11H2,1-4H3,(H,20,26)(H,24,25). The largest absolute Gasteiger partial charge is 0.480 e. The van der Waals surface area contributed by atoms with Crippen LogP contribution in [0, 0.1) is 5.92 Å². The summed E-state index contributed by atoms with van der Waals surface area (Å²) in [5.41, 5.74) is 1.23. The molecule has 0 aliphatic heterocycles. The molecule has 3 rings (SSSR count). The Labute approximate surface area is 154 Å². The molecular weight excluding hydrogens is 332 g/mol. The maximum Gasteiger partial charge on any atom is 0.317 e. The van der Waals surface area contributed by atoms with Gasteiger partial charge in [0.1, 0.15) is 0 Å². The molecule has 2 N–H and O–H groups in total. The number of amides is 1. The van der Waals surface area contributed by atoms with E-state index in [-0.39, 0.29) is 30.0 Å². The van der Waals surface area contributed by atoms with Crippen LogP contribution in [0.15, 0.2) is 6.20 Å². The molecule has 7 nitrogen and oxygen atoms in total.